The van der Waals surface area contributed by atoms with Crippen molar-refractivity contribution in [3.63, 3.8) is 0 Å². The zero-order chi connectivity index (χ0) is 16.4. The predicted molar refractivity (Wildman–Crippen MR) is 100 cm³/mol. The summed E-state index contributed by atoms with van der Waals surface area (Å²) in [6.45, 7) is 2.73. The van der Waals surface area contributed by atoms with Gasteiger partial charge >= 0.3 is 0 Å². The van der Waals surface area contributed by atoms with Crippen LogP contribution in [0.15, 0.2) is 72.1 Å². The van der Waals surface area contributed by atoms with E-state index in [-0.39, 0.29) is 6.10 Å². The molecule has 4 aromatic rings. The minimum absolute atomic E-state index is 0.0543. The fraction of sp³-hybridized carbons (Fsp3) is 0.143. The summed E-state index contributed by atoms with van der Waals surface area (Å²) in [5, 5.41) is 3.35. The first-order valence-corrected chi connectivity index (χ1v) is 8.97. The van der Waals surface area contributed by atoms with Gasteiger partial charge in [-0.05, 0) is 30.0 Å². The summed E-state index contributed by atoms with van der Waals surface area (Å²) in [4.78, 5) is 4.73. The summed E-state index contributed by atoms with van der Waals surface area (Å²) in [6, 6.07) is 23.0. The Kier molecular flexibility index (Phi) is 4.20. The average Bonchev–Trinajstić information content (AvgIpc) is 3.25. The third-order valence-corrected chi connectivity index (χ3v) is 5.18. The van der Waals surface area contributed by atoms with Gasteiger partial charge in [0.2, 0.25) is 0 Å². The molecule has 0 aliphatic heterocycles. The summed E-state index contributed by atoms with van der Waals surface area (Å²) in [5.41, 5.74) is 4.76. The molecule has 0 spiro atoms. The van der Waals surface area contributed by atoms with Crippen molar-refractivity contribution >= 4 is 22.2 Å². The van der Waals surface area contributed by atoms with Crippen LogP contribution in [0.2, 0.25) is 0 Å². The van der Waals surface area contributed by atoms with Gasteiger partial charge in [0.15, 0.2) is 0 Å². The Morgan fingerprint density at radius 3 is 2.54 bits per heavy atom. The normalized spacial score (nSPS) is 12.5. The van der Waals surface area contributed by atoms with Gasteiger partial charge < -0.3 is 9.72 Å². The van der Waals surface area contributed by atoms with Crippen LogP contribution >= 0.6 is 11.3 Å². The van der Waals surface area contributed by atoms with Crippen molar-refractivity contribution in [3.8, 4) is 0 Å². The van der Waals surface area contributed by atoms with Crippen LogP contribution in [0.25, 0.3) is 10.9 Å². The van der Waals surface area contributed by atoms with E-state index in [1.54, 1.807) is 11.3 Å². The second-order valence-corrected chi connectivity index (χ2v) is 6.88. The molecule has 1 unspecified atom stereocenters. The molecular weight excluding hydrogens is 314 g/mol. The Balaban J connectivity index is 1.74. The van der Waals surface area contributed by atoms with Crippen LogP contribution < -0.4 is 0 Å². The summed E-state index contributed by atoms with van der Waals surface area (Å²) in [5.74, 6) is 0. The summed E-state index contributed by atoms with van der Waals surface area (Å²) >= 11 is 1.74. The number of aromatic amines is 1. The van der Waals surface area contributed by atoms with Crippen molar-refractivity contribution in [2.45, 2.75) is 19.6 Å². The third-order valence-electron chi connectivity index (χ3n) is 4.27. The van der Waals surface area contributed by atoms with Crippen molar-refractivity contribution in [1.29, 1.82) is 0 Å². The van der Waals surface area contributed by atoms with Gasteiger partial charge in [0.1, 0.15) is 6.10 Å². The molecule has 1 N–H and O–H groups in total. The van der Waals surface area contributed by atoms with Crippen LogP contribution in [0.3, 0.4) is 0 Å². The number of H-pyrrole nitrogens is 1. The van der Waals surface area contributed by atoms with E-state index >= 15 is 0 Å². The molecular formula is C21H19NOS. The smallest absolute Gasteiger partial charge is 0.119 e. The number of hydrogen-bond donors (Lipinski definition) is 1. The molecule has 0 aliphatic carbocycles. The van der Waals surface area contributed by atoms with Gasteiger partial charge in [-0.15, -0.1) is 11.3 Å². The highest BCUT2D eigenvalue weighted by atomic mass is 32.1. The zero-order valence-electron chi connectivity index (χ0n) is 13.5. The maximum absolute atomic E-state index is 6.40. The van der Waals surface area contributed by atoms with Crippen LogP contribution in [-0.2, 0) is 11.3 Å². The number of aromatic nitrogens is 1. The molecule has 0 aliphatic rings. The van der Waals surface area contributed by atoms with Gasteiger partial charge in [-0.25, -0.2) is 0 Å². The molecule has 2 heterocycles. The largest absolute Gasteiger partial charge is 0.363 e. The lowest BCUT2D eigenvalue weighted by Crippen LogP contribution is -2.06. The Bertz CT molecular complexity index is 925. The summed E-state index contributed by atoms with van der Waals surface area (Å²) in [7, 11) is 0. The number of thiophene rings is 1. The molecule has 0 fully saturated rings. The van der Waals surface area contributed by atoms with Gasteiger partial charge in [0.25, 0.3) is 0 Å². The van der Waals surface area contributed by atoms with Crippen molar-refractivity contribution in [1.82, 2.24) is 4.98 Å². The molecule has 0 saturated carbocycles. The number of hydrogen-bond acceptors (Lipinski definition) is 2. The second-order valence-electron chi connectivity index (χ2n) is 5.90. The molecule has 120 valence electrons. The maximum atomic E-state index is 6.40. The standard InChI is InChI=1S/C21H19NOS/c1-15-20(17-10-5-6-11-18(17)22-15)21(19-12-7-13-24-19)23-14-16-8-3-2-4-9-16/h2-13,21-22H,14H2,1H3. The summed E-state index contributed by atoms with van der Waals surface area (Å²) < 4.78 is 6.40. The van der Waals surface area contributed by atoms with Gasteiger partial charge in [-0.3, -0.25) is 0 Å². The fourth-order valence-electron chi connectivity index (χ4n) is 3.14. The molecule has 24 heavy (non-hydrogen) atoms. The SMILES string of the molecule is Cc1[nH]c2ccccc2c1C(OCc1ccccc1)c1cccs1. The van der Waals surface area contributed by atoms with Gasteiger partial charge in [0.05, 0.1) is 6.61 Å². The molecule has 2 aromatic heterocycles. The quantitative estimate of drug-likeness (QED) is 0.487. The van der Waals surface area contributed by atoms with E-state index in [9.17, 15) is 0 Å². The van der Waals surface area contributed by atoms with E-state index in [1.807, 2.05) is 6.07 Å². The number of aryl methyl sites for hydroxylation is 1. The van der Waals surface area contributed by atoms with Gasteiger partial charge in [-0.1, -0.05) is 54.6 Å². The highest BCUT2D eigenvalue weighted by molar-refractivity contribution is 7.10. The minimum atomic E-state index is -0.0543. The van der Waals surface area contributed by atoms with Gasteiger partial charge in [0, 0.05) is 27.0 Å². The van der Waals surface area contributed by atoms with E-state index in [0.29, 0.717) is 6.61 Å². The maximum Gasteiger partial charge on any atom is 0.119 e. The first kappa shape index (κ1) is 15.2. The van der Waals surface area contributed by atoms with E-state index < -0.39 is 0 Å². The summed E-state index contributed by atoms with van der Waals surface area (Å²) in [6.07, 6.45) is -0.0543. The lowest BCUT2D eigenvalue weighted by molar-refractivity contribution is 0.0695. The Morgan fingerprint density at radius 1 is 0.958 bits per heavy atom. The van der Waals surface area contributed by atoms with E-state index in [0.717, 1.165) is 5.52 Å². The first-order valence-electron chi connectivity index (χ1n) is 8.09. The van der Waals surface area contributed by atoms with Crippen molar-refractivity contribution in [3.05, 3.63) is 93.8 Å². The molecule has 0 radical (unpaired) electrons. The van der Waals surface area contributed by atoms with Crippen LogP contribution in [-0.4, -0.2) is 4.98 Å². The monoisotopic (exact) mass is 333 g/mol. The van der Waals surface area contributed by atoms with E-state index in [1.165, 1.54) is 27.1 Å². The number of rotatable bonds is 5. The van der Waals surface area contributed by atoms with Crippen LogP contribution in [0, 0.1) is 6.92 Å². The highest BCUT2D eigenvalue weighted by Gasteiger charge is 2.22. The van der Waals surface area contributed by atoms with E-state index in [2.05, 4.69) is 78.0 Å². The molecule has 0 amide bonds. The Hall–Kier alpha value is -2.36. The molecule has 1 atom stereocenters. The number of ether oxygens (including phenoxy) is 1. The first-order chi connectivity index (χ1) is 11.8. The Labute approximate surface area is 145 Å². The number of para-hydroxylation sites is 1. The lowest BCUT2D eigenvalue weighted by Gasteiger charge is -2.18. The highest BCUT2D eigenvalue weighted by Crippen LogP contribution is 2.36. The lowest BCUT2D eigenvalue weighted by atomic mass is 10.0. The van der Waals surface area contributed by atoms with E-state index in [4.69, 9.17) is 4.74 Å². The predicted octanol–water partition coefficient (Wildman–Crippen LogP) is 5.84. The van der Waals surface area contributed by atoms with Crippen molar-refractivity contribution in [2.24, 2.45) is 0 Å². The average molecular weight is 333 g/mol. The van der Waals surface area contributed by atoms with Crippen LogP contribution in [0.4, 0.5) is 0 Å². The van der Waals surface area contributed by atoms with Crippen molar-refractivity contribution < 1.29 is 4.74 Å². The molecule has 0 bridgehead atoms. The topological polar surface area (TPSA) is 25.0 Å². The third kappa shape index (κ3) is 2.88. The van der Waals surface area contributed by atoms with Gasteiger partial charge in [-0.2, -0.15) is 0 Å². The minimum Gasteiger partial charge on any atom is -0.363 e. The van der Waals surface area contributed by atoms with Crippen LogP contribution in [0.1, 0.15) is 27.8 Å². The molecule has 4 rings (SSSR count). The number of fused-ring (bicyclic) bond motifs is 1. The molecule has 0 saturated heterocycles. The number of benzene rings is 2. The Morgan fingerprint density at radius 2 is 1.75 bits per heavy atom. The molecule has 2 aromatic carbocycles. The number of nitrogens with one attached hydrogen (secondary N) is 1. The zero-order valence-corrected chi connectivity index (χ0v) is 14.3. The van der Waals surface area contributed by atoms with Crippen molar-refractivity contribution in [2.75, 3.05) is 0 Å². The molecule has 3 heteroatoms. The fourth-order valence-corrected chi connectivity index (χ4v) is 3.92. The second kappa shape index (κ2) is 6.63. The molecule has 2 nitrogen and oxygen atoms in total. The van der Waals surface area contributed by atoms with Crippen LogP contribution in [0.5, 0.6) is 0 Å².